The molecule has 0 spiro atoms. The third kappa shape index (κ3) is 3.76. The molecule has 2 rings (SSSR count). The van der Waals surface area contributed by atoms with Crippen molar-refractivity contribution < 1.29 is 9.18 Å². The lowest BCUT2D eigenvalue weighted by Gasteiger charge is -2.32. The van der Waals surface area contributed by atoms with Gasteiger partial charge in [0.15, 0.2) is 0 Å². The summed E-state index contributed by atoms with van der Waals surface area (Å²) in [6.07, 6.45) is 2.21. The highest BCUT2D eigenvalue weighted by Gasteiger charge is 2.22. The molecule has 104 valence electrons. The highest BCUT2D eigenvalue weighted by Crippen LogP contribution is 2.20. The van der Waals surface area contributed by atoms with Gasteiger partial charge in [0, 0.05) is 23.6 Å². The number of carbonyl (C=O) groups excluding carboxylic acids is 1. The lowest BCUT2D eigenvalue weighted by Crippen LogP contribution is -2.44. The Morgan fingerprint density at radius 2 is 2.16 bits per heavy atom. The summed E-state index contributed by atoms with van der Waals surface area (Å²) >= 11 is 3.36. The Hall–Kier alpha value is -0.940. The van der Waals surface area contributed by atoms with Gasteiger partial charge in [-0.05, 0) is 43.7 Å². The molecule has 1 aliphatic heterocycles. The summed E-state index contributed by atoms with van der Waals surface area (Å²) in [5, 5.41) is 3.23. The molecule has 0 radical (unpaired) electrons. The second kappa shape index (κ2) is 6.48. The first-order chi connectivity index (χ1) is 9.10. The quantitative estimate of drug-likeness (QED) is 0.923. The average Bonchev–Trinajstić information content (AvgIpc) is 2.43. The molecule has 1 N–H and O–H groups in total. The molecule has 1 aliphatic rings. The number of nitrogens with zero attached hydrogens (tertiary/aromatic N) is 1. The smallest absolute Gasteiger partial charge is 0.227 e. The van der Waals surface area contributed by atoms with E-state index in [1.807, 2.05) is 11.9 Å². The largest absolute Gasteiger partial charge is 0.342 e. The fourth-order valence-electron chi connectivity index (χ4n) is 2.37. The lowest BCUT2D eigenvalue weighted by molar-refractivity contribution is -0.131. The summed E-state index contributed by atoms with van der Waals surface area (Å²) in [7, 11) is 1.95. The maximum absolute atomic E-state index is 13.2. The SMILES string of the molecule is CNC1CCN(C(=O)Cc2cc(F)ccc2Br)CC1. The fraction of sp³-hybridized carbons (Fsp3) is 0.500. The Labute approximate surface area is 121 Å². The van der Waals surface area contributed by atoms with Crippen LogP contribution in [0, 0.1) is 5.82 Å². The van der Waals surface area contributed by atoms with Crippen molar-refractivity contribution in [3.8, 4) is 0 Å². The molecule has 0 atom stereocenters. The Kier molecular flexibility index (Phi) is 4.93. The van der Waals surface area contributed by atoms with Crippen LogP contribution in [0.1, 0.15) is 18.4 Å². The topological polar surface area (TPSA) is 32.3 Å². The summed E-state index contributed by atoms with van der Waals surface area (Å²) in [5.74, 6) is -0.235. The molecule has 0 bridgehead atoms. The van der Waals surface area contributed by atoms with Crippen LogP contribution in [0.2, 0.25) is 0 Å². The van der Waals surface area contributed by atoms with Crippen LogP contribution in [0.5, 0.6) is 0 Å². The van der Waals surface area contributed by atoms with E-state index in [-0.39, 0.29) is 18.1 Å². The van der Waals surface area contributed by atoms with Crippen molar-refractivity contribution >= 4 is 21.8 Å². The van der Waals surface area contributed by atoms with Gasteiger partial charge in [0.2, 0.25) is 5.91 Å². The molecule has 5 heteroatoms. The maximum atomic E-state index is 13.2. The number of halogens is 2. The molecule has 0 aromatic heterocycles. The summed E-state index contributed by atoms with van der Waals surface area (Å²) in [4.78, 5) is 14.1. The van der Waals surface area contributed by atoms with E-state index in [0.717, 1.165) is 30.4 Å². The van der Waals surface area contributed by atoms with Crippen molar-refractivity contribution in [3.05, 3.63) is 34.1 Å². The van der Waals surface area contributed by atoms with Crippen molar-refractivity contribution in [1.29, 1.82) is 0 Å². The standard InChI is InChI=1S/C14H18BrFN2O/c1-17-12-4-6-18(7-5-12)14(19)9-10-8-11(16)2-3-13(10)15/h2-3,8,12,17H,4-7,9H2,1H3. The van der Waals surface area contributed by atoms with Crippen LogP contribution in [0.15, 0.2) is 22.7 Å². The zero-order valence-corrected chi connectivity index (χ0v) is 12.5. The second-order valence-electron chi connectivity index (χ2n) is 4.86. The number of rotatable bonds is 3. The lowest BCUT2D eigenvalue weighted by atomic mass is 10.0. The Balaban J connectivity index is 1.96. The Morgan fingerprint density at radius 3 is 2.79 bits per heavy atom. The maximum Gasteiger partial charge on any atom is 0.227 e. The molecule has 1 fully saturated rings. The zero-order valence-electron chi connectivity index (χ0n) is 11.0. The van der Waals surface area contributed by atoms with Gasteiger partial charge in [0.25, 0.3) is 0 Å². The van der Waals surface area contributed by atoms with Gasteiger partial charge in [-0.1, -0.05) is 15.9 Å². The van der Waals surface area contributed by atoms with Crippen molar-refractivity contribution in [2.75, 3.05) is 20.1 Å². The first-order valence-corrected chi connectivity index (χ1v) is 7.28. The van der Waals surface area contributed by atoms with Gasteiger partial charge in [0.1, 0.15) is 5.82 Å². The molecule has 0 saturated carbocycles. The van der Waals surface area contributed by atoms with Crippen LogP contribution >= 0.6 is 15.9 Å². The average molecular weight is 329 g/mol. The molecule has 19 heavy (non-hydrogen) atoms. The number of hydrogen-bond acceptors (Lipinski definition) is 2. The number of nitrogens with one attached hydrogen (secondary N) is 1. The number of piperidine rings is 1. The molecule has 1 heterocycles. The number of amides is 1. The van der Waals surface area contributed by atoms with Crippen LogP contribution in [0.25, 0.3) is 0 Å². The van der Waals surface area contributed by atoms with Crippen molar-refractivity contribution in [1.82, 2.24) is 10.2 Å². The van der Waals surface area contributed by atoms with Crippen molar-refractivity contribution in [2.24, 2.45) is 0 Å². The fourth-order valence-corrected chi connectivity index (χ4v) is 2.76. The van der Waals surface area contributed by atoms with Gasteiger partial charge in [-0.15, -0.1) is 0 Å². The van der Waals surface area contributed by atoms with Crippen molar-refractivity contribution in [3.63, 3.8) is 0 Å². The van der Waals surface area contributed by atoms with E-state index >= 15 is 0 Å². The predicted octanol–water partition coefficient (Wildman–Crippen LogP) is 2.34. The molecule has 1 amide bonds. The van der Waals surface area contributed by atoms with E-state index in [9.17, 15) is 9.18 Å². The molecule has 3 nitrogen and oxygen atoms in total. The zero-order chi connectivity index (χ0) is 13.8. The third-order valence-corrected chi connectivity index (χ3v) is 4.38. The van der Waals surface area contributed by atoms with Crippen LogP contribution in [-0.2, 0) is 11.2 Å². The Bertz CT molecular complexity index is 459. The minimum Gasteiger partial charge on any atom is -0.342 e. The first-order valence-electron chi connectivity index (χ1n) is 6.49. The van der Waals surface area contributed by atoms with Gasteiger partial charge in [-0.25, -0.2) is 4.39 Å². The van der Waals surface area contributed by atoms with Crippen LogP contribution in [-0.4, -0.2) is 37.0 Å². The van der Waals surface area contributed by atoms with Crippen LogP contribution < -0.4 is 5.32 Å². The molecule has 1 aromatic rings. The van der Waals surface area contributed by atoms with Gasteiger partial charge in [-0.2, -0.15) is 0 Å². The monoisotopic (exact) mass is 328 g/mol. The first kappa shape index (κ1) is 14.5. The predicted molar refractivity (Wildman–Crippen MR) is 76.5 cm³/mol. The van der Waals surface area contributed by atoms with Crippen LogP contribution in [0.4, 0.5) is 4.39 Å². The van der Waals surface area contributed by atoms with E-state index in [0.29, 0.717) is 11.6 Å². The number of benzene rings is 1. The normalized spacial score (nSPS) is 16.7. The van der Waals surface area contributed by atoms with E-state index in [1.54, 1.807) is 6.07 Å². The van der Waals surface area contributed by atoms with E-state index in [4.69, 9.17) is 0 Å². The van der Waals surface area contributed by atoms with E-state index < -0.39 is 0 Å². The number of hydrogen-bond donors (Lipinski definition) is 1. The van der Waals surface area contributed by atoms with E-state index in [2.05, 4.69) is 21.2 Å². The Morgan fingerprint density at radius 1 is 1.47 bits per heavy atom. The molecule has 0 unspecified atom stereocenters. The summed E-state index contributed by atoms with van der Waals surface area (Å²) in [5.41, 5.74) is 0.709. The van der Waals surface area contributed by atoms with Crippen molar-refractivity contribution in [2.45, 2.75) is 25.3 Å². The molecular formula is C14H18BrFN2O. The molecule has 1 aromatic carbocycles. The highest BCUT2D eigenvalue weighted by atomic mass is 79.9. The van der Waals surface area contributed by atoms with E-state index in [1.165, 1.54) is 12.1 Å². The van der Waals surface area contributed by atoms with Gasteiger partial charge in [0.05, 0.1) is 6.42 Å². The van der Waals surface area contributed by atoms with Gasteiger partial charge in [-0.3, -0.25) is 4.79 Å². The number of carbonyl (C=O) groups is 1. The minimum atomic E-state index is -0.306. The third-order valence-electron chi connectivity index (χ3n) is 3.61. The highest BCUT2D eigenvalue weighted by molar-refractivity contribution is 9.10. The minimum absolute atomic E-state index is 0.0702. The molecule has 0 aliphatic carbocycles. The molecule has 1 saturated heterocycles. The van der Waals surface area contributed by atoms with Gasteiger partial charge >= 0.3 is 0 Å². The number of likely N-dealkylation sites (tertiary alicyclic amines) is 1. The second-order valence-corrected chi connectivity index (χ2v) is 5.71. The summed E-state index contributed by atoms with van der Waals surface area (Å²) in [6.45, 7) is 1.55. The van der Waals surface area contributed by atoms with Crippen LogP contribution in [0.3, 0.4) is 0 Å². The summed E-state index contributed by atoms with van der Waals surface area (Å²) in [6, 6.07) is 4.95. The summed E-state index contributed by atoms with van der Waals surface area (Å²) < 4.78 is 14.0. The molecular weight excluding hydrogens is 311 g/mol. The van der Waals surface area contributed by atoms with Gasteiger partial charge < -0.3 is 10.2 Å².